The lowest BCUT2D eigenvalue weighted by Gasteiger charge is -2.11. The van der Waals surface area contributed by atoms with Crippen LogP contribution in [0.2, 0.25) is 0 Å². The normalized spacial score (nSPS) is 10.7. The molecule has 0 aliphatic carbocycles. The van der Waals surface area contributed by atoms with Gasteiger partial charge in [-0.05, 0) is 66.8 Å². The van der Waals surface area contributed by atoms with Gasteiger partial charge in [0.25, 0.3) is 5.91 Å². The van der Waals surface area contributed by atoms with Gasteiger partial charge in [-0.25, -0.2) is 4.98 Å². The van der Waals surface area contributed by atoms with E-state index in [1.54, 1.807) is 12.3 Å². The number of amides is 1. The first-order valence-electron chi connectivity index (χ1n) is 7.38. The van der Waals surface area contributed by atoms with E-state index in [-0.39, 0.29) is 5.91 Å². The highest BCUT2D eigenvalue weighted by Gasteiger charge is 2.09. The van der Waals surface area contributed by atoms with Crippen molar-refractivity contribution in [2.24, 2.45) is 0 Å². The Balaban J connectivity index is 1.97. The van der Waals surface area contributed by atoms with Crippen LogP contribution < -0.4 is 10.6 Å². The SMILES string of the molecule is Cc1ccc(NC(=O)c2ccc(NCCN(C)C)cn2)c(Br)c1. The predicted octanol–water partition coefficient (Wildman–Crippen LogP) is 3.38. The van der Waals surface area contributed by atoms with Crippen LogP contribution in [-0.4, -0.2) is 43.0 Å². The molecule has 0 bridgehead atoms. The number of rotatable bonds is 6. The van der Waals surface area contributed by atoms with Gasteiger partial charge in [0.2, 0.25) is 0 Å². The van der Waals surface area contributed by atoms with Crippen LogP contribution in [0.25, 0.3) is 0 Å². The van der Waals surface area contributed by atoms with Crippen molar-refractivity contribution in [3.8, 4) is 0 Å². The summed E-state index contributed by atoms with van der Waals surface area (Å²) in [7, 11) is 4.05. The predicted molar refractivity (Wildman–Crippen MR) is 98.1 cm³/mol. The summed E-state index contributed by atoms with van der Waals surface area (Å²) in [6, 6.07) is 9.36. The van der Waals surface area contributed by atoms with Crippen LogP contribution in [0.5, 0.6) is 0 Å². The van der Waals surface area contributed by atoms with Crippen molar-refractivity contribution in [3.05, 3.63) is 52.3 Å². The molecule has 0 saturated carbocycles. The van der Waals surface area contributed by atoms with Crippen LogP contribution in [0.1, 0.15) is 16.1 Å². The van der Waals surface area contributed by atoms with Gasteiger partial charge in [-0.15, -0.1) is 0 Å². The van der Waals surface area contributed by atoms with E-state index in [0.29, 0.717) is 5.69 Å². The van der Waals surface area contributed by atoms with Crippen molar-refractivity contribution in [2.75, 3.05) is 37.8 Å². The van der Waals surface area contributed by atoms with Gasteiger partial charge in [0, 0.05) is 17.6 Å². The lowest BCUT2D eigenvalue weighted by molar-refractivity contribution is 0.102. The van der Waals surface area contributed by atoms with Crippen LogP contribution in [-0.2, 0) is 0 Å². The maximum Gasteiger partial charge on any atom is 0.274 e. The summed E-state index contributed by atoms with van der Waals surface area (Å²) < 4.78 is 0.854. The minimum absolute atomic E-state index is 0.227. The third kappa shape index (κ3) is 5.33. The first kappa shape index (κ1) is 17.4. The Morgan fingerprint density at radius 3 is 2.65 bits per heavy atom. The van der Waals surface area contributed by atoms with Crippen molar-refractivity contribution < 1.29 is 4.79 Å². The maximum absolute atomic E-state index is 12.2. The number of anilines is 2. The number of hydrogen-bond acceptors (Lipinski definition) is 4. The van der Waals surface area contributed by atoms with E-state index in [0.717, 1.165) is 34.5 Å². The van der Waals surface area contributed by atoms with Gasteiger partial charge in [0.15, 0.2) is 0 Å². The number of nitrogens with one attached hydrogen (secondary N) is 2. The van der Waals surface area contributed by atoms with Gasteiger partial charge >= 0.3 is 0 Å². The van der Waals surface area contributed by atoms with Crippen LogP contribution in [0.3, 0.4) is 0 Å². The zero-order valence-electron chi connectivity index (χ0n) is 13.6. The molecule has 2 N–H and O–H groups in total. The fraction of sp³-hybridized carbons (Fsp3) is 0.294. The minimum atomic E-state index is -0.227. The van der Waals surface area contributed by atoms with E-state index in [1.165, 1.54) is 0 Å². The van der Waals surface area contributed by atoms with E-state index in [9.17, 15) is 4.79 Å². The van der Waals surface area contributed by atoms with E-state index in [1.807, 2.05) is 45.3 Å². The van der Waals surface area contributed by atoms with Gasteiger partial charge < -0.3 is 15.5 Å². The molecule has 0 saturated heterocycles. The van der Waals surface area contributed by atoms with Gasteiger partial charge in [-0.2, -0.15) is 0 Å². The lowest BCUT2D eigenvalue weighted by Crippen LogP contribution is -2.21. The van der Waals surface area contributed by atoms with Crippen molar-refractivity contribution in [2.45, 2.75) is 6.92 Å². The summed E-state index contributed by atoms with van der Waals surface area (Å²) in [6.45, 7) is 3.76. The van der Waals surface area contributed by atoms with Gasteiger partial charge in [-0.1, -0.05) is 6.07 Å². The molecule has 1 aromatic carbocycles. The van der Waals surface area contributed by atoms with E-state index < -0.39 is 0 Å². The second-order valence-electron chi connectivity index (χ2n) is 5.60. The van der Waals surface area contributed by atoms with Crippen molar-refractivity contribution in [1.82, 2.24) is 9.88 Å². The second-order valence-corrected chi connectivity index (χ2v) is 6.45. The molecule has 23 heavy (non-hydrogen) atoms. The molecule has 1 amide bonds. The summed E-state index contributed by atoms with van der Waals surface area (Å²) in [5, 5.41) is 6.12. The molecule has 0 atom stereocenters. The first-order valence-corrected chi connectivity index (χ1v) is 8.17. The molecule has 1 aromatic heterocycles. The van der Waals surface area contributed by atoms with E-state index in [2.05, 4.69) is 36.4 Å². The monoisotopic (exact) mass is 376 g/mol. The standard InChI is InChI=1S/C17H21BrN4O/c1-12-4-6-15(14(18)10-12)21-17(23)16-7-5-13(11-20-16)19-8-9-22(2)3/h4-7,10-11,19H,8-9H2,1-3H3,(H,21,23). The smallest absolute Gasteiger partial charge is 0.274 e. The fourth-order valence-corrected chi connectivity index (χ4v) is 2.56. The van der Waals surface area contributed by atoms with Crippen molar-refractivity contribution >= 4 is 33.2 Å². The minimum Gasteiger partial charge on any atom is -0.383 e. The number of hydrogen-bond donors (Lipinski definition) is 2. The van der Waals surface area contributed by atoms with Crippen LogP contribution >= 0.6 is 15.9 Å². The van der Waals surface area contributed by atoms with Crippen molar-refractivity contribution in [1.29, 1.82) is 0 Å². The molecule has 0 radical (unpaired) electrons. The molecule has 0 aliphatic rings. The molecule has 0 unspecified atom stereocenters. The maximum atomic E-state index is 12.2. The number of pyridine rings is 1. The van der Waals surface area contributed by atoms with Crippen LogP contribution in [0, 0.1) is 6.92 Å². The van der Waals surface area contributed by atoms with Gasteiger partial charge in [-0.3, -0.25) is 4.79 Å². The third-order valence-electron chi connectivity index (χ3n) is 3.26. The van der Waals surface area contributed by atoms with Gasteiger partial charge in [0.05, 0.1) is 17.6 Å². The third-order valence-corrected chi connectivity index (χ3v) is 3.91. The molecule has 0 aliphatic heterocycles. The molecule has 1 heterocycles. The number of aryl methyl sites for hydroxylation is 1. The fourth-order valence-electron chi connectivity index (χ4n) is 1.96. The average Bonchev–Trinajstić information content (AvgIpc) is 2.50. The Morgan fingerprint density at radius 1 is 1.26 bits per heavy atom. The number of carbonyl (C=O) groups excluding carboxylic acids is 1. The molecule has 0 fully saturated rings. The Hall–Kier alpha value is -1.92. The Bertz CT molecular complexity index is 671. The zero-order valence-corrected chi connectivity index (χ0v) is 15.1. The Labute approximate surface area is 145 Å². The number of benzene rings is 1. The largest absolute Gasteiger partial charge is 0.383 e. The molecule has 6 heteroatoms. The summed E-state index contributed by atoms with van der Waals surface area (Å²) in [5.41, 5.74) is 3.15. The number of aromatic nitrogens is 1. The van der Waals surface area contributed by atoms with Gasteiger partial charge in [0.1, 0.15) is 5.69 Å². The van der Waals surface area contributed by atoms with E-state index in [4.69, 9.17) is 0 Å². The Kier molecular flexibility index (Phi) is 6.12. The Morgan fingerprint density at radius 2 is 2.04 bits per heavy atom. The topological polar surface area (TPSA) is 57.3 Å². The second kappa shape index (κ2) is 8.08. The number of nitrogens with zero attached hydrogens (tertiary/aromatic N) is 2. The summed E-state index contributed by atoms with van der Waals surface area (Å²) >= 11 is 3.45. The van der Waals surface area contributed by atoms with Crippen LogP contribution in [0.4, 0.5) is 11.4 Å². The zero-order chi connectivity index (χ0) is 16.8. The molecule has 5 nitrogen and oxygen atoms in total. The molecule has 2 aromatic rings. The van der Waals surface area contributed by atoms with Crippen LogP contribution in [0.15, 0.2) is 41.0 Å². The van der Waals surface area contributed by atoms with E-state index >= 15 is 0 Å². The highest BCUT2D eigenvalue weighted by molar-refractivity contribution is 9.10. The highest BCUT2D eigenvalue weighted by atomic mass is 79.9. The lowest BCUT2D eigenvalue weighted by atomic mass is 10.2. The molecule has 2 rings (SSSR count). The highest BCUT2D eigenvalue weighted by Crippen LogP contribution is 2.23. The summed E-state index contributed by atoms with van der Waals surface area (Å²) in [6.07, 6.45) is 1.68. The number of likely N-dealkylation sites (N-methyl/N-ethyl adjacent to an activating group) is 1. The quantitative estimate of drug-likeness (QED) is 0.811. The summed E-state index contributed by atoms with van der Waals surface area (Å²) in [5.74, 6) is -0.227. The summed E-state index contributed by atoms with van der Waals surface area (Å²) in [4.78, 5) is 18.6. The molecule has 0 spiro atoms. The molecule has 122 valence electrons. The average molecular weight is 377 g/mol. The molecular formula is C17H21BrN4O. The number of carbonyl (C=O) groups is 1. The molecular weight excluding hydrogens is 356 g/mol. The number of halogens is 1. The van der Waals surface area contributed by atoms with Crippen molar-refractivity contribution in [3.63, 3.8) is 0 Å². The first-order chi connectivity index (χ1) is 11.0.